The fourth-order valence-corrected chi connectivity index (χ4v) is 4.78. The summed E-state index contributed by atoms with van der Waals surface area (Å²) in [5.74, 6) is -0.287. The Hall–Kier alpha value is -3.20. The number of halogens is 1. The minimum Gasteiger partial charge on any atom is -0.385 e. The zero-order chi connectivity index (χ0) is 25.8. The number of anilines is 1. The monoisotopic (exact) mass is 524 g/mol. The van der Waals surface area contributed by atoms with Crippen molar-refractivity contribution in [1.29, 1.82) is 0 Å². The Labute approximate surface area is 221 Å². The van der Waals surface area contributed by atoms with Gasteiger partial charge in [0.15, 0.2) is 5.11 Å². The molecule has 1 aliphatic rings. The SMILES string of the molecule is CCc1cccc2c(/C=C3/C(=O)N(c4ccc(Cl)cc4)C(=S)N3C)cn(CC(=O)NCCCOC)c12. The van der Waals surface area contributed by atoms with Gasteiger partial charge in [-0.05, 0) is 61.0 Å². The minimum atomic E-state index is -0.215. The third kappa shape index (κ3) is 5.16. The van der Waals surface area contributed by atoms with Crippen molar-refractivity contribution in [3.63, 3.8) is 0 Å². The molecular weight excluding hydrogens is 496 g/mol. The van der Waals surface area contributed by atoms with Crippen LogP contribution in [0.5, 0.6) is 0 Å². The Morgan fingerprint density at radius 2 is 1.94 bits per heavy atom. The van der Waals surface area contributed by atoms with E-state index in [1.807, 2.05) is 29.0 Å². The second-order valence-corrected chi connectivity index (χ2v) is 9.37. The van der Waals surface area contributed by atoms with Crippen LogP contribution in [0.25, 0.3) is 17.0 Å². The smallest absolute Gasteiger partial charge is 0.281 e. The number of rotatable bonds is 9. The Morgan fingerprint density at radius 1 is 1.19 bits per heavy atom. The molecule has 1 N–H and O–H groups in total. The van der Waals surface area contributed by atoms with Crippen LogP contribution in [0.1, 0.15) is 24.5 Å². The highest BCUT2D eigenvalue weighted by molar-refractivity contribution is 7.80. The van der Waals surface area contributed by atoms with Crippen LogP contribution in [0.3, 0.4) is 0 Å². The largest absolute Gasteiger partial charge is 0.385 e. The van der Waals surface area contributed by atoms with E-state index in [9.17, 15) is 9.59 Å². The van der Waals surface area contributed by atoms with Gasteiger partial charge in [0.1, 0.15) is 12.2 Å². The van der Waals surface area contributed by atoms with Crippen molar-refractivity contribution in [3.05, 3.63) is 70.5 Å². The molecule has 2 aromatic carbocycles. The second kappa shape index (κ2) is 11.2. The van der Waals surface area contributed by atoms with Gasteiger partial charge in [0.05, 0.1) is 11.2 Å². The molecule has 0 radical (unpaired) electrons. The summed E-state index contributed by atoms with van der Waals surface area (Å²) in [7, 11) is 3.43. The molecule has 1 aliphatic heterocycles. The molecule has 1 aromatic heterocycles. The van der Waals surface area contributed by atoms with E-state index in [1.165, 1.54) is 4.90 Å². The van der Waals surface area contributed by atoms with Gasteiger partial charge in [-0.3, -0.25) is 14.5 Å². The van der Waals surface area contributed by atoms with Crippen LogP contribution in [0, 0.1) is 0 Å². The van der Waals surface area contributed by atoms with E-state index in [-0.39, 0.29) is 18.4 Å². The number of amides is 2. The standard InChI is InChI=1S/C27H29ClN4O3S/c1-4-18-7-5-8-22-19(16-31(25(18)22)17-24(33)29-13-6-14-35-3)15-23-26(34)32(27(36)30(23)2)21-11-9-20(28)10-12-21/h5,7-12,15-16H,4,6,13-14,17H2,1-3H3,(H,29,33)/b23-15-. The average molecular weight is 525 g/mol. The number of carbonyl (C=O) groups is 2. The van der Waals surface area contributed by atoms with Crippen molar-refractivity contribution in [3.8, 4) is 0 Å². The van der Waals surface area contributed by atoms with Crippen LogP contribution < -0.4 is 10.2 Å². The summed E-state index contributed by atoms with van der Waals surface area (Å²) in [5, 5.41) is 4.90. The highest BCUT2D eigenvalue weighted by atomic mass is 35.5. The molecule has 3 aromatic rings. The Morgan fingerprint density at radius 3 is 2.64 bits per heavy atom. The van der Waals surface area contributed by atoms with Crippen LogP contribution in [0.15, 0.2) is 54.4 Å². The predicted molar refractivity (Wildman–Crippen MR) is 148 cm³/mol. The summed E-state index contributed by atoms with van der Waals surface area (Å²) in [6.07, 6.45) is 5.35. The van der Waals surface area contributed by atoms with Gasteiger partial charge in [-0.15, -0.1) is 0 Å². The number of para-hydroxylation sites is 1. The van der Waals surface area contributed by atoms with Crippen LogP contribution in [0.4, 0.5) is 5.69 Å². The molecule has 2 amide bonds. The van der Waals surface area contributed by atoms with Crippen LogP contribution in [0.2, 0.25) is 5.02 Å². The van der Waals surface area contributed by atoms with E-state index in [4.69, 9.17) is 28.6 Å². The second-order valence-electron chi connectivity index (χ2n) is 8.56. The number of carbonyl (C=O) groups excluding carboxylic acids is 2. The first-order valence-corrected chi connectivity index (χ1v) is 12.6. The molecule has 1 saturated heterocycles. The summed E-state index contributed by atoms with van der Waals surface area (Å²) in [6.45, 7) is 3.43. The van der Waals surface area contributed by atoms with Gasteiger partial charge in [-0.1, -0.05) is 36.7 Å². The molecule has 0 bridgehead atoms. The number of hydrogen-bond acceptors (Lipinski definition) is 4. The molecule has 36 heavy (non-hydrogen) atoms. The number of fused-ring (bicyclic) bond motifs is 1. The van der Waals surface area contributed by atoms with Crippen molar-refractivity contribution in [2.45, 2.75) is 26.3 Å². The topological polar surface area (TPSA) is 66.8 Å². The fourth-order valence-electron chi connectivity index (χ4n) is 4.37. The molecule has 9 heteroatoms. The molecule has 0 atom stereocenters. The molecule has 0 aliphatic carbocycles. The summed E-state index contributed by atoms with van der Waals surface area (Å²) < 4.78 is 7.01. The Balaban J connectivity index is 1.69. The molecule has 4 rings (SSSR count). The maximum atomic E-state index is 13.4. The quantitative estimate of drug-likeness (QED) is 0.251. The maximum Gasteiger partial charge on any atom is 0.281 e. The summed E-state index contributed by atoms with van der Waals surface area (Å²) in [5.41, 5.74) is 4.09. The summed E-state index contributed by atoms with van der Waals surface area (Å²) in [6, 6.07) is 13.1. The first-order valence-electron chi connectivity index (χ1n) is 11.8. The van der Waals surface area contributed by atoms with E-state index in [1.54, 1.807) is 43.3 Å². The van der Waals surface area contributed by atoms with E-state index < -0.39 is 0 Å². The van der Waals surface area contributed by atoms with Crippen LogP contribution >= 0.6 is 23.8 Å². The molecule has 2 heterocycles. The lowest BCUT2D eigenvalue weighted by Gasteiger charge is -2.16. The lowest BCUT2D eigenvalue weighted by atomic mass is 10.1. The fraction of sp³-hybridized carbons (Fsp3) is 0.296. The number of thiocarbonyl (C=S) groups is 1. The number of nitrogens with zero attached hydrogens (tertiary/aromatic N) is 3. The normalized spacial score (nSPS) is 14.9. The molecule has 7 nitrogen and oxygen atoms in total. The third-order valence-electron chi connectivity index (χ3n) is 6.19. The molecule has 1 fully saturated rings. The van der Waals surface area contributed by atoms with Gasteiger partial charge in [-0.25, -0.2) is 0 Å². The van der Waals surface area contributed by atoms with Gasteiger partial charge in [0, 0.05) is 49.5 Å². The van der Waals surface area contributed by atoms with Crippen LogP contribution in [-0.4, -0.2) is 53.7 Å². The van der Waals surface area contributed by atoms with Gasteiger partial charge < -0.3 is 19.5 Å². The lowest BCUT2D eigenvalue weighted by Crippen LogP contribution is -2.31. The lowest BCUT2D eigenvalue weighted by molar-refractivity contribution is -0.121. The Kier molecular flexibility index (Phi) is 8.08. The first-order chi connectivity index (χ1) is 17.3. The minimum absolute atomic E-state index is 0.0720. The average Bonchev–Trinajstić information content (AvgIpc) is 3.32. The van der Waals surface area contributed by atoms with E-state index in [0.29, 0.717) is 34.7 Å². The van der Waals surface area contributed by atoms with Crippen molar-refractivity contribution < 1.29 is 14.3 Å². The summed E-state index contributed by atoms with van der Waals surface area (Å²) >= 11 is 11.6. The summed E-state index contributed by atoms with van der Waals surface area (Å²) in [4.78, 5) is 29.3. The van der Waals surface area contributed by atoms with Crippen molar-refractivity contribution in [1.82, 2.24) is 14.8 Å². The highest BCUT2D eigenvalue weighted by Gasteiger charge is 2.37. The van der Waals surface area contributed by atoms with Crippen LogP contribution in [-0.2, 0) is 27.3 Å². The number of likely N-dealkylation sites (N-methyl/N-ethyl adjacent to an activating group) is 1. The Bertz CT molecular complexity index is 1330. The number of aryl methyl sites for hydroxylation is 1. The molecule has 188 valence electrons. The first kappa shape index (κ1) is 25.9. The zero-order valence-electron chi connectivity index (χ0n) is 20.6. The highest BCUT2D eigenvalue weighted by Crippen LogP contribution is 2.32. The number of methoxy groups -OCH3 is 1. The molecular formula is C27H29ClN4O3S. The molecule has 0 spiro atoms. The zero-order valence-corrected chi connectivity index (χ0v) is 22.2. The number of ether oxygens (including phenoxy) is 1. The predicted octanol–water partition coefficient (Wildman–Crippen LogP) is 4.61. The van der Waals surface area contributed by atoms with E-state index >= 15 is 0 Å². The number of nitrogens with one attached hydrogen (secondary N) is 1. The van der Waals surface area contributed by atoms with Gasteiger partial charge in [0.2, 0.25) is 5.91 Å². The molecule has 0 unspecified atom stereocenters. The van der Waals surface area contributed by atoms with E-state index in [2.05, 4.69) is 18.3 Å². The number of aromatic nitrogens is 1. The maximum absolute atomic E-state index is 13.4. The van der Waals surface area contributed by atoms with Gasteiger partial charge >= 0.3 is 0 Å². The number of benzene rings is 2. The third-order valence-corrected chi connectivity index (χ3v) is 6.90. The van der Waals surface area contributed by atoms with Gasteiger partial charge in [-0.2, -0.15) is 0 Å². The van der Waals surface area contributed by atoms with Crippen molar-refractivity contribution in [2.24, 2.45) is 0 Å². The van der Waals surface area contributed by atoms with Crippen molar-refractivity contribution >= 4 is 63.4 Å². The van der Waals surface area contributed by atoms with E-state index in [0.717, 1.165) is 34.9 Å². The van der Waals surface area contributed by atoms with Crippen molar-refractivity contribution in [2.75, 3.05) is 32.2 Å². The molecule has 0 saturated carbocycles. The van der Waals surface area contributed by atoms with Gasteiger partial charge in [0.25, 0.3) is 5.91 Å². The number of hydrogen-bond donors (Lipinski definition) is 1.